The lowest BCUT2D eigenvalue weighted by molar-refractivity contribution is 0.601. The van der Waals surface area contributed by atoms with Crippen LogP contribution in [-0.4, -0.2) is 31.2 Å². The number of benzene rings is 1. The zero-order chi connectivity index (χ0) is 15.5. The molecule has 114 valence electrons. The van der Waals surface area contributed by atoms with Crippen molar-refractivity contribution in [1.82, 2.24) is 10.2 Å². The predicted molar refractivity (Wildman–Crippen MR) is 84.0 cm³/mol. The highest BCUT2D eigenvalue weighted by atomic mass is 32.2. The molecule has 7 heteroatoms. The van der Waals surface area contributed by atoms with E-state index in [2.05, 4.69) is 40.6 Å². The number of aromatic amines is 1. The van der Waals surface area contributed by atoms with Gasteiger partial charge in [0.05, 0.1) is 6.20 Å². The van der Waals surface area contributed by atoms with Crippen LogP contribution in [0, 0.1) is 0 Å². The van der Waals surface area contributed by atoms with Gasteiger partial charge in [-0.3, -0.25) is 9.82 Å². The third-order valence-corrected chi connectivity index (χ3v) is 4.55. The summed E-state index contributed by atoms with van der Waals surface area (Å²) in [6.45, 7) is 7.24. The van der Waals surface area contributed by atoms with Gasteiger partial charge in [-0.2, -0.15) is 5.10 Å². The van der Waals surface area contributed by atoms with Gasteiger partial charge in [0.25, 0.3) is 10.0 Å². The van der Waals surface area contributed by atoms with Crippen molar-refractivity contribution < 1.29 is 8.42 Å². The number of aromatic nitrogens is 2. The molecule has 0 saturated heterocycles. The molecule has 1 aromatic carbocycles. The molecule has 2 rings (SSSR count). The molecule has 0 spiro atoms. The zero-order valence-corrected chi connectivity index (χ0v) is 13.2. The number of rotatable bonds is 6. The van der Waals surface area contributed by atoms with Crippen molar-refractivity contribution in [3.05, 3.63) is 36.7 Å². The summed E-state index contributed by atoms with van der Waals surface area (Å²) in [5.74, 6) is 0. The SMILES string of the molecule is CCN(c1ccc(NS(=O)(=O)c2cn[nH]c2)cc1)C(C)C. The van der Waals surface area contributed by atoms with Crippen LogP contribution in [-0.2, 0) is 10.0 Å². The van der Waals surface area contributed by atoms with E-state index in [1.54, 1.807) is 12.1 Å². The normalized spacial score (nSPS) is 11.6. The van der Waals surface area contributed by atoms with Crippen molar-refractivity contribution in [2.75, 3.05) is 16.2 Å². The molecule has 0 bridgehead atoms. The first kappa shape index (κ1) is 15.4. The van der Waals surface area contributed by atoms with Crippen LogP contribution in [0.4, 0.5) is 11.4 Å². The van der Waals surface area contributed by atoms with Crippen molar-refractivity contribution in [2.24, 2.45) is 0 Å². The third kappa shape index (κ3) is 3.55. The molecule has 0 radical (unpaired) electrons. The summed E-state index contributed by atoms with van der Waals surface area (Å²) in [6.07, 6.45) is 2.61. The molecule has 0 fully saturated rings. The Morgan fingerprint density at radius 1 is 1.29 bits per heavy atom. The number of H-pyrrole nitrogens is 1. The highest BCUT2D eigenvalue weighted by Gasteiger charge is 2.15. The van der Waals surface area contributed by atoms with Crippen LogP contribution in [0.1, 0.15) is 20.8 Å². The predicted octanol–water partition coefficient (Wildman–Crippen LogP) is 2.45. The second-order valence-electron chi connectivity index (χ2n) is 4.97. The van der Waals surface area contributed by atoms with Crippen LogP contribution in [0.5, 0.6) is 0 Å². The summed E-state index contributed by atoms with van der Waals surface area (Å²) in [6, 6.07) is 7.74. The lowest BCUT2D eigenvalue weighted by Gasteiger charge is -2.27. The van der Waals surface area contributed by atoms with Gasteiger partial charge in [-0.15, -0.1) is 0 Å². The van der Waals surface area contributed by atoms with Gasteiger partial charge in [-0.1, -0.05) is 0 Å². The molecular weight excluding hydrogens is 288 g/mol. The number of nitrogens with zero attached hydrogens (tertiary/aromatic N) is 2. The van der Waals surface area contributed by atoms with Crippen molar-refractivity contribution in [3.8, 4) is 0 Å². The first-order valence-corrected chi connectivity index (χ1v) is 8.30. The standard InChI is InChI=1S/C14H20N4O2S/c1-4-18(11(2)3)13-7-5-12(6-8-13)17-21(19,20)14-9-15-16-10-14/h5-11,17H,4H2,1-3H3,(H,15,16). The van der Waals surface area contributed by atoms with Crippen LogP contribution in [0.15, 0.2) is 41.6 Å². The van der Waals surface area contributed by atoms with Crippen molar-refractivity contribution in [2.45, 2.75) is 31.7 Å². The van der Waals surface area contributed by atoms with Crippen molar-refractivity contribution >= 4 is 21.4 Å². The molecular formula is C14H20N4O2S. The second kappa shape index (κ2) is 6.17. The Labute approximate surface area is 125 Å². The first-order chi connectivity index (χ1) is 9.94. The van der Waals surface area contributed by atoms with E-state index in [-0.39, 0.29) is 4.90 Å². The number of hydrogen-bond donors (Lipinski definition) is 2. The molecule has 0 aliphatic rings. The maximum absolute atomic E-state index is 12.1. The van der Waals surface area contributed by atoms with Crippen LogP contribution in [0.25, 0.3) is 0 Å². The molecule has 21 heavy (non-hydrogen) atoms. The summed E-state index contributed by atoms with van der Waals surface area (Å²) < 4.78 is 26.7. The largest absolute Gasteiger partial charge is 0.369 e. The van der Waals surface area contributed by atoms with E-state index >= 15 is 0 Å². The number of sulfonamides is 1. The van der Waals surface area contributed by atoms with E-state index in [9.17, 15) is 8.42 Å². The van der Waals surface area contributed by atoms with Gasteiger partial charge in [-0.05, 0) is 45.0 Å². The fourth-order valence-corrected chi connectivity index (χ4v) is 3.13. The third-order valence-electron chi connectivity index (χ3n) is 3.20. The Morgan fingerprint density at radius 2 is 1.95 bits per heavy atom. The van der Waals surface area contributed by atoms with Gasteiger partial charge in [0.1, 0.15) is 4.90 Å². The molecule has 0 unspecified atom stereocenters. The van der Waals surface area contributed by atoms with E-state index in [0.29, 0.717) is 11.7 Å². The molecule has 0 atom stereocenters. The monoisotopic (exact) mass is 308 g/mol. The van der Waals surface area contributed by atoms with Crippen molar-refractivity contribution in [3.63, 3.8) is 0 Å². The van der Waals surface area contributed by atoms with Gasteiger partial charge in [-0.25, -0.2) is 8.42 Å². The number of anilines is 2. The van der Waals surface area contributed by atoms with E-state index in [0.717, 1.165) is 12.2 Å². The minimum Gasteiger partial charge on any atom is -0.369 e. The second-order valence-corrected chi connectivity index (χ2v) is 6.65. The quantitative estimate of drug-likeness (QED) is 0.859. The first-order valence-electron chi connectivity index (χ1n) is 6.82. The van der Waals surface area contributed by atoms with E-state index in [1.807, 2.05) is 12.1 Å². The van der Waals surface area contributed by atoms with Gasteiger partial charge in [0.15, 0.2) is 0 Å². The van der Waals surface area contributed by atoms with E-state index < -0.39 is 10.0 Å². The topological polar surface area (TPSA) is 78.1 Å². The minimum atomic E-state index is -3.58. The Balaban J connectivity index is 2.17. The minimum absolute atomic E-state index is 0.115. The van der Waals surface area contributed by atoms with Crippen molar-refractivity contribution in [1.29, 1.82) is 0 Å². The summed E-state index contributed by atoms with van der Waals surface area (Å²) in [7, 11) is -3.58. The Morgan fingerprint density at radius 3 is 2.43 bits per heavy atom. The highest BCUT2D eigenvalue weighted by Crippen LogP contribution is 2.21. The Hall–Kier alpha value is -2.02. The lowest BCUT2D eigenvalue weighted by atomic mass is 10.2. The molecule has 6 nitrogen and oxygen atoms in total. The Bertz CT molecular complexity index is 664. The van der Waals surface area contributed by atoms with Crippen LogP contribution in [0.3, 0.4) is 0 Å². The molecule has 0 amide bonds. The smallest absolute Gasteiger partial charge is 0.265 e. The molecule has 0 saturated carbocycles. The average molecular weight is 308 g/mol. The average Bonchev–Trinajstić information content (AvgIpc) is 2.95. The van der Waals surface area contributed by atoms with Crippen LogP contribution in [0.2, 0.25) is 0 Å². The lowest BCUT2D eigenvalue weighted by Crippen LogP contribution is -2.30. The highest BCUT2D eigenvalue weighted by molar-refractivity contribution is 7.92. The van der Waals surface area contributed by atoms with Crippen LogP contribution >= 0.6 is 0 Å². The van der Waals surface area contributed by atoms with E-state index in [1.165, 1.54) is 12.4 Å². The summed E-state index contributed by atoms with van der Waals surface area (Å²) in [5, 5.41) is 6.14. The summed E-state index contributed by atoms with van der Waals surface area (Å²) in [5.41, 5.74) is 1.60. The Kier molecular flexibility index (Phi) is 4.52. The maximum atomic E-state index is 12.1. The van der Waals surface area contributed by atoms with Gasteiger partial charge in [0, 0.05) is 30.2 Å². The summed E-state index contributed by atoms with van der Waals surface area (Å²) >= 11 is 0. The molecule has 2 aromatic rings. The molecule has 1 heterocycles. The number of hydrogen-bond acceptors (Lipinski definition) is 4. The van der Waals surface area contributed by atoms with Gasteiger partial charge >= 0.3 is 0 Å². The van der Waals surface area contributed by atoms with Gasteiger partial charge in [0.2, 0.25) is 0 Å². The molecule has 0 aliphatic carbocycles. The fraction of sp³-hybridized carbons (Fsp3) is 0.357. The van der Waals surface area contributed by atoms with E-state index in [4.69, 9.17) is 0 Å². The number of nitrogens with one attached hydrogen (secondary N) is 2. The van der Waals surface area contributed by atoms with Gasteiger partial charge < -0.3 is 4.90 Å². The molecule has 2 N–H and O–H groups in total. The fourth-order valence-electron chi connectivity index (χ4n) is 2.17. The molecule has 1 aromatic heterocycles. The summed E-state index contributed by atoms with van der Waals surface area (Å²) in [4.78, 5) is 2.35. The maximum Gasteiger partial charge on any atom is 0.265 e. The molecule has 0 aliphatic heterocycles. The van der Waals surface area contributed by atoms with Crippen LogP contribution < -0.4 is 9.62 Å². The zero-order valence-electron chi connectivity index (χ0n) is 12.4.